The Morgan fingerprint density at radius 1 is 1.12 bits per heavy atom. The van der Waals surface area contributed by atoms with Crippen LogP contribution in [0.3, 0.4) is 0 Å². The molecular formula is C24H34N4O5S. The fraction of sp³-hybridized carbons (Fsp3) is 0.625. The van der Waals surface area contributed by atoms with E-state index in [9.17, 15) is 23.3 Å². The molecule has 1 saturated heterocycles. The van der Waals surface area contributed by atoms with Crippen LogP contribution < -0.4 is 10.2 Å². The van der Waals surface area contributed by atoms with Crippen molar-refractivity contribution in [1.29, 1.82) is 5.26 Å². The van der Waals surface area contributed by atoms with Crippen molar-refractivity contribution in [3.8, 4) is 6.07 Å². The van der Waals surface area contributed by atoms with Crippen molar-refractivity contribution < 1.29 is 22.7 Å². The maximum atomic E-state index is 13.1. The highest BCUT2D eigenvalue weighted by atomic mass is 32.2. The van der Waals surface area contributed by atoms with Gasteiger partial charge in [0.05, 0.1) is 22.2 Å². The number of nitriles is 1. The fourth-order valence-corrected chi connectivity index (χ4v) is 6.20. The van der Waals surface area contributed by atoms with Crippen molar-refractivity contribution in [2.24, 2.45) is 0 Å². The van der Waals surface area contributed by atoms with Crippen LogP contribution in [0.1, 0.15) is 69.2 Å². The van der Waals surface area contributed by atoms with E-state index in [1.54, 1.807) is 19.9 Å². The Morgan fingerprint density at radius 3 is 2.35 bits per heavy atom. The summed E-state index contributed by atoms with van der Waals surface area (Å²) in [6, 6.07) is 6.72. The number of carbonyl (C=O) groups is 2. The third kappa shape index (κ3) is 5.70. The average Bonchev–Trinajstić information content (AvgIpc) is 3.38. The van der Waals surface area contributed by atoms with E-state index in [0.29, 0.717) is 31.6 Å². The molecule has 34 heavy (non-hydrogen) atoms. The number of esters is 1. The fourth-order valence-electron chi connectivity index (χ4n) is 4.72. The van der Waals surface area contributed by atoms with Gasteiger partial charge in [0.1, 0.15) is 5.54 Å². The zero-order valence-corrected chi connectivity index (χ0v) is 20.8. The molecule has 1 heterocycles. The zero-order chi connectivity index (χ0) is 24.8. The zero-order valence-electron chi connectivity index (χ0n) is 20.0. The number of ether oxygens (including phenoxy) is 1. The lowest BCUT2D eigenvalue weighted by Crippen LogP contribution is -2.50. The molecule has 9 nitrogen and oxygen atoms in total. The number of sulfonamides is 1. The first-order valence-electron chi connectivity index (χ1n) is 12.0. The molecule has 0 unspecified atom stereocenters. The molecule has 1 N–H and O–H groups in total. The van der Waals surface area contributed by atoms with Gasteiger partial charge in [0.2, 0.25) is 10.0 Å². The minimum Gasteiger partial charge on any atom is -0.452 e. The lowest BCUT2D eigenvalue weighted by molar-refractivity contribution is -0.125. The molecular weight excluding hydrogens is 456 g/mol. The summed E-state index contributed by atoms with van der Waals surface area (Å²) < 4.78 is 32.7. The number of hydrogen-bond donors (Lipinski definition) is 1. The molecule has 0 spiro atoms. The number of amides is 1. The predicted octanol–water partition coefficient (Wildman–Crippen LogP) is 2.82. The van der Waals surface area contributed by atoms with Crippen molar-refractivity contribution >= 4 is 27.6 Å². The van der Waals surface area contributed by atoms with Crippen molar-refractivity contribution in [3.63, 3.8) is 0 Å². The van der Waals surface area contributed by atoms with E-state index in [2.05, 4.69) is 11.4 Å². The van der Waals surface area contributed by atoms with Crippen LogP contribution in [-0.2, 0) is 19.6 Å². The summed E-state index contributed by atoms with van der Waals surface area (Å²) in [5.41, 5.74) is -0.196. The lowest BCUT2D eigenvalue weighted by Gasteiger charge is -2.31. The molecule has 1 aliphatic carbocycles. The Morgan fingerprint density at radius 2 is 1.76 bits per heavy atom. The van der Waals surface area contributed by atoms with Crippen LogP contribution in [0.25, 0.3) is 0 Å². The van der Waals surface area contributed by atoms with Gasteiger partial charge in [0, 0.05) is 26.2 Å². The molecule has 0 bridgehead atoms. The number of rotatable bonds is 9. The molecule has 1 saturated carbocycles. The first-order chi connectivity index (χ1) is 16.3. The van der Waals surface area contributed by atoms with Gasteiger partial charge in [-0.25, -0.2) is 13.2 Å². The largest absolute Gasteiger partial charge is 0.452 e. The summed E-state index contributed by atoms with van der Waals surface area (Å²) in [5, 5.41) is 12.3. The molecule has 1 aliphatic heterocycles. The number of benzene rings is 1. The van der Waals surface area contributed by atoms with Crippen LogP contribution in [-0.4, -0.2) is 62.9 Å². The maximum absolute atomic E-state index is 13.1. The summed E-state index contributed by atoms with van der Waals surface area (Å²) in [6.07, 6.45) is 5.86. The van der Waals surface area contributed by atoms with Crippen molar-refractivity contribution in [3.05, 3.63) is 23.8 Å². The standard InChI is InChI=1S/C24H34N4O5S/c1-3-28(4-2)34(31,32)19-10-11-21(27-14-8-9-15-27)20(16-19)23(30)33-17-22(29)26-24(18-25)12-6-5-7-13-24/h10-11,16H,3-9,12-15,17H2,1-2H3,(H,26,29). The molecule has 0 radical (unpaired) electrons. The lowest BCUT2D eigenvalue weighted by atomic mass is 9.83. The Balaban J connectivity index is 1.80. The highest BCUT2D eigenvalue weighted by Crippen LogP contribution is 2.30. The Labute approximate surface area is 202 Å². The van der Waals surface area contributed by atoms with Gasteiger partial charge in [-0.1, -0.05) is 33.1 Å². The summed E-state index contributed by atoms with van der Waals surface area (Å²) in [6.45, 7) is 5.12. The van der Waals surface area contributed by atoms with Crippen molar-refractivity contribution in [2.45, 2.75) is 69.2 Å². The van der Waals surface area contributed by atoms with Crippen molar-refractivity contribution in [2.75, 3.05) is 37.7 Å². The Hall–Kier alpha value is -2.64. The molecule has 3 rings (SSSR count). The van der Waals surface area contributed by atoms with Crippen LogP contribution in [0, 0.1) is 11.3 Å². The SMILES string of the molecule is CCN(CC)S(=O)(=O)c1ccc(N2CCCC2)c(C(=O)OCC(=O)NC2(C#N)CCCCC2)c1. The van der Waals surface area contributed by atoms with Gasteiger partial charge in [-0.3, -0.25) is 4.79 Å². The third-order valence-corrected chi connectivity index (χ3v) is 8.66. The highest BCUT2D eigenvalue weighted by molar-refractivity contribution is 7.89. The molecule has 0 atom stereocenters. The maximum Gasteiger partial charge on any atom is 0.340 e. The Kier molecular flexibility index (Phi) is 8.55. The van der Waals surface area contributed by atoms with Crippen LogP contribution in [0.5, 0.6) is 0 Å². The predicted molar refractivity (Wildman–Crippen MR) is 128 cm³/mol. The van der Waals surface area contributed by atoms with E-state index >= 15 is 0 Å². The van der Waals surface area contributed by atoms with Crippen LogP contribution in [0.4, 0.5) is 5.69 Å². The van der Waals surface area contributed by atoms with E-state index < -0.39 is 34.0 Å². The number of hydrogen-bond acceptors (Lipinski definition) is 7. The minimum atomic E-state index is -3.77. The minimum absolute atomic E-state index is 0.0150. The van der Waals surface area contributed by atoms with E-state index in [0.717, 1.165) is 45.2 Å². The van der Waals surface area contributed by atoms with E-state index in [-0.39, 0.29) is 10.5 Å². The second kappa shape index (κ2) is 11.2. The van der Waals surface area contributed by atoms with Gasteiger partial charge < -0.3 is 15.0 Å². The summed E-state index contributed by atoms with van der Waals surface area (Å²) >= 11 is 0. The topological polar surface area (TPSA) is 120 Å². The third-order valence-electron chi connectivity index (χ3n) is 6.61. The number of anilines is 1. The molecule has 0 aromatic heterocycles. The van der Waals surface area contributed by atoms with Crippen molar-refractivity contribution in [1.82, 2.24) is 9.62 Å². The van der Waals surface area contributed by atoms with Gasteiger partial charge in [-0.05, 0) is 43.9 Å². The van der Waals surface area contributed by atoms with Gasteiger partial charge >= 0.3 is 5.97 Å². The second-order valence-electron chi connectivity index (χ2n) is 8.84. The van der Waals surface area contributed by atoms with Gasteiger partial charge in [0.25, 0.3) is 5.91 Å². The van der Waals surface area contributed by atoms with E-state index in [4.69, 9.17) is 4.74 Å². The van der Waals surface area contributed by atoms with Gasteiger partial charge in [0.15, 0.2) is 6.61 Å². The smallest absolute Gasteiger partial charge is 0.340 e. The summed E-state index contributed by atoms with van der Waals surface area (Å²) in [7, 11) is -3.77. The molecule has 1 amide bonds. The van der Waals surface area contributed by atoms with Gasteiger partial charge in [-0.15, -0.1) is 0 Å². The quantitative estimate of drug-likeness (QED) is 0.529. The summed E-state index contributed by atoms with van der Waals surface area (Å²) in [5.74, 6) is -1.30. The second-order valence-corrected chi connectivity index (χ2v) is 10.8. The first kappa shape index (κ1) is 26.0. The molecule has 10 heteroatoms. The van der Waals surface area contributed by atoms with Crippen LogP contribution >= 0.6 is 0 Å². The van der Waals surface area contributed by atoms with Crippen LogP contribution in [0.15, 0.2) is 23.1 Å². The van der Waals surface area contributed by atoms with E-state index in [1.807, 2.05) is 4.90 Å². The normalized spacial score (nSPS) is 17.9. The highest BCUT2D eigenvalue weighted by Gasteiger charge is 2.34. The summed E-state index contributed by atoms with van der Waals surface area (Å²) in [4.78, 5) is 27.6. The molecule has 2 fully saturated rings. The number of carbonyl (C=O) groups excluding carboxylic acids is 2. The molecule has 1 aromatic rings. The molecule has 1 aromatic carbocycles. The monoisotopic (exact) mass is 490 g/mol. The molecule has 2 aliphatic rings. The van der Waals surface area contributed by atoms with E-state index in [1.165, 1.54) is 16.4 Å². The molecule has 186 valence electrons. The number of nitrogens with zero attached hydrogens (tertiary/aromatic N) is 3. The average molecular weight is 491 g/mol. The number of nitrogens with one attached hydrogen (secondary N) is 1. The Bertz CT molecular complexity index is 1030. The van der Waals surface area contributed by atoms with Gasteiger partial charge in [-0.2, -0.15) is 9.57 Å². The first-order valence-corrected chi connectivity index (χ1v) is 13.5. The van der Waals surface area contributed by atoms with Crippen LogP contribution in [0.2, 0.25) is 0 Å².